The Balaban J connectivity index is 1.71. The van der Waals surface area contributed by atoms with Gasteiger partial charge in [-0.15, -0.1) is 0 Å². The van der Waals surface area contributed by atoms with E-state index in [-0.39, 0.29) is 29.8 Å². The van der Waals surface area contributed by atoms with Crippen LogP contribution in [0.2, 0.25) is 0 Å². The van der Waals surface area contributed by atoms with Crippen LogP contribution in [-0.2, 0) is 4.79 Å². The Bertz CT molecular complexity index is 644. The van der Waals surface area contributed by atoms with Gasteiger partial charge in [0.2, 0.25) is 5.91 Å². The average molecular weight is 268 g/mol. The van der Waals surface area contributed by atoms with E-state index in [4.69, 9.17) is 0 Å². The van der Waals surface area contributed by atoms with E-state index < -0.39 is 0 Å². The predicted octanol–water partition coefficient (Wildman–Crippen LogP) is 1.17. The van der Waals surface area contributed by atoms with Gasteiger partial charge in [0.15, 0.2) is 0 Å². The molecule has 3 aliphatic heterocycles. The SMILES string of the molecule is O=C1c2ccccc2C(=O)N1C1CC=CN2C(=O)C[C@@H]12. The molecule has 5 nitrogen and oxygen atoms in total. The first-order chi connectivity index (χ1) is 9.68. The van der Waals surface area contributed by atoms with Gasteiger partial charge in [0.1, 0.15) is 0 Å². The first kappa shape index (κ1) is 11.4. The quantitative estimate of drug-likeness (QED) is 0.567. The highest BCUT2D eigenvalue weighted by Crippen LogP contribution is 2.35. The number of benzene rings is 1. The summed E-state index contributed by atoms with van der Waals surface area (Å²) in [4.78, 5) is 39.3. The molecular formula is C15H12N2O3. The number of hydrogen-bond acceptors (Lipinski definition) is 3. The number of carbonyl (C=O) groups is 3. The monoisotopic (exact) mass is 268 g/mol. The molecule has 100 valence electrons. The summed E-state index contributed by atoms with van der Waals surface area (Å²) in [6, 6.07) is 6.57. The van der Waals surface area contributed by atoms with Crippen molar-refractivity contribution in [3.05, 3.63) is 47.7 Å². The molecule has 3 amide bonds. The fourth-order valence-electron chi connectivity index (χ4n) is 3.23. The molecule has 0 radical (unpaired) electrons. The highest BCUT2D eigenvalue weighted by molar-refractivity contribution is 6.21. The highest BCUT2D eigenvalue weighted by Gasteiger charge is 2.49. The molecule has 1 saturated heterocycles. The normalized spacial score (nSPS) is 27.5. The van der Waals surface area contributed by atoms with Gasteiger partial charge in [-0.3, -0.25) is 19.3 Å². The van der Waals surface area contributed by atoms with Crippen LogP contribution >= 0.6 is 0 Å². The molecule has 20 heavy (non-hydrogen) atoms. The molecule has 2 atom stereocenters. The summed E-state index contributed by atoms with van der Waals surface area (Å²) >= 11 is 0. The van der Waals surface area contributed by atoms with E-state index in [1.54, 1.807) is 35.4 Å². The van der Waals surface area contributed by atoms with E-state index in [9.17, 15) is 14.4 Å². The third kappa shape index (κ3) is 1.29. The second kappa shape index (κ2) is 3.79. The molecule has 3 heterocycles. The van der Waals surface area contributed by atoms with Gasteiger partial charge >= 0.3 is 0 Å². The minimum Gasteiger partial charge on any atom is -0.314 e. The maximum Gasteiger partial charge on any atom is 0.261 e. The molecule has 1 aromatic carbocycles. The van der Waals surface area contributed by atoms with Crippen LogP contribution in [0.3, 0.4) is 0 Å². The van der Waals surface area contributed by atoms with Crippen molar-refractivity contribution in [2.24, 2.45) is 0 Å². The first-order valence-electron chi connectivity index (χ1n) is 6.63. The second-order valence-electron chi connectivity index (χ2n) is 5.29. The van der Waals surface area contributed by atoms with Crippen molar-refractivity contribution in [1.82, 2.24) is 9.80 Å². The number of nitrogens with zero attached hydrogens (tertiary/aromatic N) is 2. The smallest absolute Gasteiger partial charge is 0.261 e. The average Bonchev–Trinajstić information content (AvgIpc) is 2.71. The van der Waals surface area contributed by atoms with Crippen molar-refractivity contribution in [3.8, 4) is 0 Å². The van der Waals surface area contributed by atoms with E-state index in [0.29, 0.717) is 24.0 Å². The van der Waals surface area contributed by atoms with Crippen LogP contribution in [0.4, 0.5) is 0 Å². The zero-order valence-corrected chi connectivity index (χ0v) is 10.7. The lowest BCUT2D eigenvalue weighted by molar-refractivity contribution is -0.144. The van der Waals surface area contributed by atoms with E-state index in [0.717, 1.165) is 0 Å². The lowest BCUT2D eigenvalue weighted by atomic mass is 9.88. The van der Waals surface area contributed by atoms with Crippen molar-refractivity contribution in [3.63, 3.8) is 0 Å². The van der Waals surface area contributed by atoms with Crippen LogP contribution in [0.5, 0.6) is 0 Å². The topological polar surface area (TPSA) is 57.7 Å². The van der Waals surface area contributed by atoms with Crippen molar-refractivity contribution in [2.75, 3.05) is 0 Å². The third-order valence-electron chi connectivity index (χ3n) is 4.27. The zero-order valence-electron chi connectivity index (χ0n) is 10.7. The number of carbonyl (C=O) groups excluding carboxylic acids is 3. The Morgan fingerprint density at radius 2 is 1.60 bits per heavy atom. The summed E-state index contributed by atoms with van der Waals surface area (Å²) in [7, 11) is 0. The lowest BCUT2D eigenvalue weighted by Gasteiger charge is -2.47. The Morgan fingerprint density at radius 3 is 2.20 bits per heavy atom. The lowest BCUT2D eigenvalue weighted by Crippen LogP contribution is -2.62. The van der Waals surface area contributed by atoms with Crippen LogP contribution in [0.15, 0.2) is 36.5 Å². The van der Waals surface area contributed by atoms with Crippen LogP contribution in [0, 0.1) is 0 Å². The van der Waals surface area contributed by atoms with Crippen molar-refractivity contribution >= 4 is 17.7 Å². The van der Waals surface area contributed by atoms with E-state index >= 15 is 0 Å². The van der Waals surface area contributed by atoms with Gasteiger partial charge in [-0.2, -0.15) is 0 Å². The standard InChI is InChI=1S/C15H12N2O3/c18-13-8-12-11(6-3-7-16(12)13)17-14(19)9-4-1-2-5-10(9)15(17)20/h1-5,7,11-12H,6,8H2/t11?,12-/m0/s1. The Labute approximate surface area is 115 Å². The van der Waals surface area contributed by atoms with Crippen LogP contribution in [-0.4, -0.2) is 39.6 Å². The van der Waals surface area contributed by atoms with Crippen molar-refractivity contribution < 1.29 is 14.4 Å². The number of imide groups is 1. The van der Waals surface area contributed by atoms with Crippen LogP contribution in [0.1, 0.15) is 33.6 Å². The van der Waals surface area contributed by atoms with Gasteiger partial charge < -0.3 is 4.90 Å². The minimum absolute atomic E-state index is 0.0487. The molecule has 0 N–H and O–H groups in total. The molecule has 4 rings (SSSR count). The van der Waals surface area contributed by atoms with Gasteiger partial charge in [-0.1, -0.05) is 18.2 Å². The zero-order chi connectivity index (χ0) is 13.9. The Hall–Kier alpha value is -2.43. The Morgan fingerprint density at radius 1 is 0.950 bits per heavy atom. The summed E-state index contributed by atoms with van der Waals surface area (Å²) in [5.74, 6) is -0.442. The maximum absolute atomic E-state index is 12.4. The number of fused-ring (bicyclic) bond motifs is 2. The van der Waals surface area contributed by atoms with Gasteiger partial charge in [-0.25, -0.2) is 0 Å². The van der Waals surface area contributed by atoms with Gasteiger partial charge in [0.05, 0.1) is 29.6 Å². The summed E-state index contributed by atoms with van der Waals surface area (Å²) in [5, 5.41) is 0. The molecule has 0 bridgehead atoms. The largest absolute Gasteiger partial charge is 0.314 e. The summed E-state index contributed by atoms with van der Waals surface area (Å²) in [6.45, 7) is 0. The molecule has 3 aliphatic rings. The molecule has 0 saturated carbocycles. The molecule has 0 aliphatic carbocycles. The Kier molecular flexibility index (Phi) is 2.16. The molecule has 5 heteroatoms. The summed E-state index contributed by atoms with van der Waals surface area (Å²) in [5.41, 5.74) is 0.925. The highest BCUT2D eigenvalue weighted by atomic mass is 16.2. The summed E-state index contributed by atoms with van der Waals surface area (Å²) < 4.78 is 0. The molecular weight excluding hydrogens is 256 g/mol. The van der Waals surface area contributed by atoms with E-state index in [1.807, 2.05) is 6.08 Å². The molecule has 1 unspecified atom stereocenters. The van der Waals surface area contributed by atoms with Gasteiger partial charge in [0.25, 0.3) is 11.8 Å². The summed E-state index contributed by atoms with van der Waals surface area (Å²) in [6.07, 6.45) is 4.62. The number of hydrogen-bond donors (Lipinski definition) is 0. The number of rotatable bonds is 1. The van der Waals surface area contributed by atoms with Crippen LogP contribution in [0.25, 0.3) is 0 Å². The van der Waals surface area contributed by atoms with Crippen molar-refractivity contribution in [1.29, 1.82) is 0 Å². The predicted molar refractivity (Wildman–Crippen MR) is 69.7 cm³/mol. The third-order valence-corrected chi connectivity index (χ3v) is 4.27. The van der Waals surface area contributed by atoms with Crippen LogP contribution < -0.4 is 0 Å². The van der Waals surface area contributed by atoms with Crippen molar-refractivity contribution in [2.45, 2.75) is 24.9 Å². The number of β-lactam (4-membered cyclic amide) rings is 1. The van der Waals surface area contributed by atoms with Gasteiger partial charge in [-0.05, 0) is 18.6 Å². The fraction of sp³-hybridized carbons (Fsp3) is 0.267. The number of amides is 3. The second-order valence-corrected chi connectivity index (χ2v) is 5.29. The van der Waals surface area contributed by atoms with Gasteiger partial charge in [0, 0.05) is 6.20 Å². The molecule has 0 aromatic heterocycles. The van der Waals surface area contributed by atoms with E-state index in [1.165, 1.54) is 4.90 Å². The fourth-order valence-corrected chi connectivity index (χ4v) is 3.23. The maximum atomic E-state index is 12.4. The van der Waals surface area contributed by atoms with E-state index in [2.05, 4.69) is 0 Å². The first-order valence-corrected chi connectivity index (χ1v) is 6.63. The molecule has 0 spiro atoms. The minimum atomic E-state index is -0.245. The molecule has 1 aromatic rings. The molecule has 1 fully saturated rings.